The maximum absolute atomic E-state index is 10.1. The first kappa shape index (κ1) is 11.5. The second-order valence-corrected chi connectivity index (χ2v) is 5.26. The molecule has 1 saturated carbocycles. The van der Waals surface area contributed by atoms with Crippen LogP contribution in [0.1, 0.15) is 46.5 Å². The molecule has 0 amide bonds. The fourth-order valence-corrected chi connectivity index (χ4v) is 2.48. The van der Waals surface area contributed by atoms with E-state index in [9.17, 15) is 10.4 Å². The molecule has 1 N–H and O–H groups in total. The van der Waals surface area contributed by atoms with E-state index < -0.39 is 11.5 Å². The van der Waals surface area contributed by atoms with E-state index in [4.69, 9.17) is 0 Å². The molecule has 2 nitrogen and oxygen atoms in total. The molecule has 2 heteroatoms. The van der Waals surface area contributed by atoms with Crippen molar-refractivity contribution in [3.63, 3.8) is 0 Å². The van der Waals surface area contributed by atoms with Gasteiger partial charge in [-0.3, -0.25) is 0 Å². The second-order valence-electron chi connectivity index (χ2n) is 5.26. The molecular formula is C12H21NO. The van der Waals surface area contributed by atoms with E-state index in [0.29, 0.717) is 11.8 Å². The lowest BCUT2D eigenvalue weighted by Crippen LogP contribution is -2.32. The first-order valence-electron chi connectivity index (χ1n) is 5.59. The highest BCUT2D eigenvalue weighted by molar-refractivity contribution is 5.07. The Morgan fingerprint density at radius 3 is 2.57 bits per heavy atom. The van der Waals surface area contributed by atoms with Crippen molar-refractivity contribution in [2.24, 2.45) is 17.3 Å². The third kappa shape index (κ3) is 2.27. The smallest absolute Gasteiger partial charge is 0.0835 e. The second kappa shape index (κ2) is 4.31. The van der Waals surface area contributed by atoms with E-state index in [1.54, 1.807) is 0 Å². The zero-order valence-corrected chi connectivity index (χ0v) is 9.45. The molecule has 1 fully saturated rings. The van der Waals surface area contributed by atoms with Crippen molar-refractivity contribution in [2.75, 3.05) is 0 Å². The highest BCUT2D eigenvalue weighted by Crippen LogP contribution is 2.45. The minimum atomic E-state index is -0.441. The van der Waals surface area contributed by atoms with E-state index in [2.05, 4.69) is 26.8 Å². The maximum Gasteiger partial charge on any atom is 0.0835 e. The largest absolute Gasteiger partial charge is 0.391 e. The van der Waals surface area contributed by atoms with Crippen molar-refractivity contribution in [3.8, 4) is 6.07 Å². The molecule has 14 heavy (non-hydrogen) atoms. The quantitative estimate of drug-likeness (QED) is 0.752. The fraction of sp³-hybridized carbons (Fsp3) is 0.917. The summed E-state index contributed by atoms with van der Waals surface area (Å²) in [4.78, 5) is 0. The number of rotatable bonds is 3. The summed E-state index contributed by atoms with van der Waals surface area (Å²) in [5.74, 6) is 1.06. The first-order chi connectivity index (χ1) is 6.50. The Morgan fingerprint density at radius 1 is 1.57 bits per heavy atom. The van der Waals surface area contributed by atoms with Crippen molar-refractivity contribution >= 4 is 0 Å². The van der Waals surface area contributed by atoms with E-state index in [1.807, 2.05) is 0 Å². The predicted octanol–water partition coefficient (Wildman–Crippen LogP) is 2.72. The van der Waals surface area contributed by atoms with Crippen LogP contribution >= 0.6 is 0 Å². The van der Waals surface area contributed by atoms with Crippen LogP contribution in [0.25, 0.3) is 0 Å². The lowest BCUT2D eigenvalue weighted by Gasteiger charge is -2.28. The topological polar surface area (TPSA) is 44.0 Å². The van der Waals surface area contributed by atoms with Crippen LogP contribution in [-0.2, 0) is 0 Å². The number of hydrogen-bond donors (Lipinski definition) is 1. The number of aliphatic hydroxyl groups excluding tert-OH is 1. The summed E-state index contributed by atoms with van der Waals surface area (Å²) < 4.78 is 0. The van der Waals surface area contributed by atoms with Gasteiger partial charge in [0.15, 0.2) is 0 Å². The van der Waals surface area contributed by atoms with Crippen LogP contribution < -0.4 is 0 Å². The van der Waals surface area contributed by atoms with Crippen LogP contribution in [0.2, 0.25) is 0 Å². The SMILES string of the molecule is CC(C)CC(O)C1(C#N)CCC(C)C1. The lowest BCUT2D eigenvalue weighted by atomic mass is 9.78. The zero-order chi connectivity index (χ0) is 10.8. The van der Waals surface area contributed by atoms with Crippen LogP contribution in [0.4, 0.5) is 0 Å². The van der Waals surface area contributed by atoms with Gasteiger partial charge in [-0.1, -0.05) is 20.8 Å². The summed E-state index contributed by atoms with van der Waals surface area (Å²) in [6.07, 6.45) is 3.15. The molecule has 0 aromatic heterocycles. The average Bonchev–Trinajstić information content (AvgIpc) is 2.47. The Balaban J connectivity index is 2.66. The fourth-order valence-electron chi connectivity index (χ4n) is 2.48. The Labute approximate surface area is 86.9 Å². The van der Waals surface area contributed by atoms with Gasteiger partial charge in [-0.15, -0.1) is 0 Å². The van der Waals surface area contributed by atoms with Gasteiger partial charge >= 0.3 is 0 Å². The molecule has 0 saturated heterocycles. The van der Waals surface area contributed by atoms with Gasteiger partial charge in [-0.05, 0) is 37.5 Å². The number of hydrogen-bond acceptors (Lipinski definition) is 2. The van der Waals surface area contributed by atoms with Crippen LogP contribution in [0.15, 0.2) is 0 Å². The van der Waals surface area contributed by atoms with Gasteiger partial charge in [0.25, 0.3) is 0 Å². The maximum atomic E-state index is 10.1. The number of aliphatic hydroxyl groups is 1. The van der Waals surface area contributed by atoms with Gasteiger partial charge in [0.1, 0.15) is 0 Å². The van der Waals surface area contributed by atoms with E-state index in [0.717, 1.165) is 25.7 Å². The standard InChI is InChI=1S/C12H21NO/c1-9(2)6-11(14)12(8-13)5-4-10(3)7-12/h9-11,14H,4-7H2,1-3H3. The Hall–Kier alpha value is -0.550. The number of nitriles is 1. The van der Waals surface area contributed by atoms with E-state index >= 15 is 0 Å². The van der Waals surface area contributed by atoms with Crippen LogP contribution in [0.3, 0.4) is 0 Å². The molecule has 1 rings (SSSR count). The van der Waals surface area contributed by atoms with E-state index in [1.165, 1.54) is 0 Å². The molecule has 0 aromatic carbocycles. The third-order valence-corrected chi connectivity index (χ3v) is 3.35. The highest BCUT2D eigenvalue weighted by atomic mass is 16.3. The minimum Gasteiger partial charge on any atom is -0.391 e. The Bertz CT molecular complexity index is 231. The van der Waals surface area contributed by atoms with Gasteiger partial charge in [0.2, 0.25) is 0 Å². The monoisotopic (exact) mass is 195 g/mol. The summed E-state index contributed by atoms with van der Waals surface area (Å²) in [6.45, 7) is 6.35. The molecule has 1 aliphatic rings. The van der Waals surface area contributed by atoms with Gasteiger partial charge in [-0.2, -0.15) is 5.26 Å². The molecule has 0 aliphatic heterocycles. The van der Waals surface area contributed by atoms with Crippen molar-refractivity contribution in [1.29, 1.82) is 5.26 Å². The normalized spacial score (nSPS) is 34.4. The van der Waals surface area contributed by atoms with Crippen LogP contribution in [0.5, 0.6) is 0 Å². The average molecular weight is 195 g/mol. The zero-order valence-electron chi connectivity index (χ0n) is 9.45. The first-order valence-corrected chi connectivity index (χ1v) is 5.59. The molecule has 0 spiro atoms. The number of nitrogens with zero attached hydrogens (tertiary/aromatic N) is 1. The predicted molar refractivity (Wildman–Crippen MR) is 56.5 cm³/mol. The lowest BCUT2D eigenvalue weighted by molar-refractivity contribution is 0.0473. The van der Waals surface area contributed by atoms with Crippen molar-refractivity contribution in [2.45, 2.75) is 52.6 Å². The van der Waals surface area contributed by atoms with Gasteiger partial charge < -0.3 is 5.11 Å². The van der Waals surface area contributed by atoms with Crippen LogP contribution in [-0.4, -0.2) is 11.2 Å². The molecule has 80 valence electrons. The minimum absolute atomic E-state index is 0.433. The molecule has 3 atom stereocenters. The van der Waals surface area contributed by atoms with E-state index in [-0.39, 0.29) is 0 Å². The molecule has 3 unspecified atom stereocenters. The molecule has 1 aliphatic carbocycles. The summed E-state index contributed by atoms with van der Waals surface area (Å²) >= 11 is 0. The highest BCUT2D eigenvalue weighted by Gasteiger charge is 2.43. The Morgan fingerprint density at radius 2 is 2.21 bits per heavy atom. The Kier molecular flexibility index (Phi) is 3.55. The molecular weight excluding hydrogens is 174 g/mol. The van der Waals surface area contributed by atoms with Gasteiger partial charge in [0, 0.05) is 0 Å². The summed E-state index contributed by atoms with van der Waals surface area (Å²) in [5, 5.41) is 19.3. The molecule has 0 heterocycles. The van der Waals surface area contributed by atoms with Gasteiger partial charge in [0.05, 0.1) is 17.6 Å². The van der Waals surface area contributed by atoms with Gasteiger partial charge in [-0.25, -0.2) is 0 Å². The molecule has 0 aromatic rings. The van der Waals surface area contributed by atoms with Crippen molar-refractivity contribution in [1.82, 2.24) is 0 Å². The summed E-state index contributed by atoms with van der Waals surface area (Å²) in [7, 11) is 0. The third-order valence-electron chi connectivity index (χ3n) is 3.35. The summed E-state index contributed by atoms with van der Waals surface area (Å²) in [5.41, 5.74) is -0.441. The van der Waals surface area contributed by atoms with Crippen molar-refractivity contribution in [3.05, 3.63) is 0 Å². The van der Waals surface area contributed by atoms with Crippen molar-refractivity contribution < 1.29 is 5.11 Å². The summed E-state index contributed by atoms with van der Waals surface area (Å²) in [6, 6.07) is 2.36. The molecule has 0 bridgehead atoms. The van der Waals surface area contributed by atoms with Crippen LogP contribution in [0, 0.1) is 28.6 Å². The molecule has 0 radical (unpaired) electrons.